The van der Waals surface area contributed by atoms with Gasteiger partial charge < -0.3 is 0 Å². The molecule has 27 heavy (non-hydrogen) atoms. The molecular formula is C24H27N3. The molecule has 1 aromatic heterocycles. The van der Waals surface area contributed by atoms with Crippen molar-refractivity contribution in [3.05, 3.63) is 77.5 Å². The van der Waals surface area contributed by atoms with Crippen molar-refractivity contribution in [2.24, 2.45) is 11.8 Å². The van der Waals surface area contributed by atoms with E-state index < -0.39 is 0 Å². The summed E-state index contributed by atoms with van der Waals surface area (Å²) in [6.45, 7) is 6.84. The number of likely N-dealkylation sites (tertiary alicyclic amines) is 2. The lowest BCUT2D eigenvalue weighted by atomic mass is 9.88. The van der Waals surface area contributed by atoms with E-state index in [1.54, 1.807) is 0 Å². The summed E-state index contributed by atoms with van der Waals surface area (Å²) in [5.41, 5.74) is 5.45. The van der Waals surface area contributed by atoms with Crippen LogP contribution >= 0.6 is 0 Å². The number of hydrogen-bond donors (Lipinski definition) is 0. The Bertz CT molecular complexity index is 961. The molecule has 2 aliphatic heterocycles. The third-order valence-electron chi connectivity index (χ3n) is 6.59. The van der Waals surface area contributed by atoms with Gasteiger partial charge in [-0.1, -0.05) is 48.5 Å². The smallest absolute Gasteiger partial charge is 0.0746 e. The summed E-state index contributed by atoms with van der Waals surface area (Å²) in [5.74, 6) is 1.49. The lowest BCUT2D eigenvalue weighted by Gasteiger charge is -2.28. The normalized spacial score (nSPS) is 25.9. The van der Waals surface area contributed by atoms with Gasteiger partial charge in [0.2, 0.25) is 0 Å². The maximum absolute atomic E-state index is 4.65. The Balaban J connectivity index is 1.39. The summed E-state index contributed by atoms with van der Waals surface area (Å²) >= 11 is 0. The van der Waals surface area contributed by atoms with Crippen LogP contribution in [0.2, 0.25) is 0 Å². The second kappa shape index (κ2) is 6.74. The van der Waals surface area contributed by atoms with E-state index in [0.29, 0.717) is 6.04 Å². The monoisotopic (exact) mass is 357 g/mol. The Morgan fingerprint density at radius 3 is 2.70 bits per heavy atom. The topological polar surface area (TPSA) is 19.4 Å². The van der Waals surface area contributed by atoms with Crippen molar-refractivity contribution in [3.8, 4) is 0 Å². The standard InChI is InChI=1S/C24H27N3/c1-17-7-3-4-11-21(17)24-22-16-27(15-20(22)13-26(24)2)14-19-9-5-8-18-10-6-12-25-23(18)19/h3-12,20,22,24H,13-16H2,1-2H3/t20-,22+,24+/m0/s1. The molecule has 138 valence electrons. The molecule has 0 unspecified atom stereocenters. The lowest BCUT2D eigenvalue weighted by Crippen LogP contribution is -2.29. The van der Waals surface area contributed by atoms with Crippen LogP contribution in [0.3, 0.4) is 0 Å². The number of fused-ring (bicyclic) bond motifs is 2. The molecule has 2 aromatic carbocycles. The molecule has 5 rings (SSSR count). The van der Waals surface area contributed by atoms with Gasteiger partial charge in [-0.3, -0.25) is 14.8 Å². The second-order valence-corrected chi connectivity index (χ2v) is 8.35. The first-order chi connectivity index (χ1) is 13.2. The lowest BCUT2D eigenvalue weighted by molar-refractivity contribution is 0.224. The first-order valence-electron chi connectivity index (χ1n) is 10.0. The van der Waals surface area contributed by atoms with Gasteiger partial charge in [-0.25, -0.2) is 0 Å². The SMILES string of the molecule is Cc1ccccc1[C@@H]1[C@@H]2CN(Cc3cccc4cccnc34)C[C@@H]2CN1C. The van der Waals surface area contributed by atoms with E-state index >= 15 is 0 Å². The fourth-order valence-corrected chi connectivity index (χ4v) is 5.40. The molecule has 3 aromatic rings. The molecule has 3 heteroatoms. The van der Waals surface area contributed by atoms with Crippen LogP contribution in [-0.4, -0.2) is 41.5 Å². The van der Waals surface area contributed by atoms with Crippen molar-refractivity contribution >= 4 is 10.9 Å². The number of rotatable bonds is 3. The molecule has 0 saturated carbocycles. The zero-order valence-electron chi connectivity index (χ0n) is 16.2. The number of nitrogens with zero attached hydrogens (tertiary/aromatic N) is 3. The van der Waals surface area contributed by atoms with E-state index in [-0.39, 0.29) is 0 Å². The average molecular weight is 358 g/mol. The minimum absolute atomic E-state index is 0.548. The summed E-state index contributed by atoms with van der Waals surface area (Å²) in [6.07, 6.45) is 1.91. The number of benzene rings is 2. The van der Waals surface area contributed by atoms with Crippen molar-refractivity contribution in [2.45, 2.75) is 19.5 Å². The molecule has 3 atom stereocenters. The summed E-state index contributed by atoms with van der Waals surface area (Å²) < 4.78 is 0. The van der Waals surface area contributed by atoms with Crippen molar-refractivity contribution < 1.29 is 0 Å². The Labute approximate surface area is 161 Å². The fourth-order valence-electron chi connectivity index (χ4n) is 5.40. The largest absolute Gasteiger partial charge is 0.299 e. The predicted molar refractivity (Wildman–Crippen MR) is 111 cm³/mol. The summed E-state index contributed by atoms with van der Waals surface area (Å²) in [7, 11) is 2.30. The second-order valence-electron chi connectivity index (χ2n) is 8.35. The van der Waals surface area contributed by atoms with Crippen LogP contribution in [-0.2, 0) is 6.54 Å². The van der Waals surface area contributed by atoms with Crippen LogP contribution in [0.15, 0.2) is 60.8 Å². The number of aromatic nitrogens is 1. The van der Waals surface area contributed by atoms with Crippen molar-refractivity contribution in [2.75, 3.05) is 26.7 Å². The molecular weight excluding hydrogens is 330 g/mol. The molecule has 2 aliphatic rings. The Hall–Kier alpha value is -2.23. The van der Waals surface area contributed by atoms with Gasteiger partial charge in [-0.2, -0.15) is 0 Å². The minimum atomic E-state index is 0.548. The van der Waals surface area contributed by atoms with Crippen molar-refractivity contribution in [3.63, 3.8) is 0 Å². The highest BCUT2D eigenvalue weighted by atomic mass is 15.2. The molecule has 0 spiro atoms. The van der Waals surface area contributed by atoms with Gasteiger partial charge in [-0.15, -0.1) is 0 Å². The molecule has 3 nitrogen and oxygen atoms in total. The van der Waals surface area contributed by atoms with Crippen LogP contribution < -0.4 is 0 Å². The van der Waals surface area contributed by atoms with Crippen molar-refractivity contribution in [1.82, 2.24) is 14.8 Å². The maximum atomic E-state index is 4.65. The van der Waals surface area contributed by atoms with Crippen LogP contribution in [0.4, 0.5) is 0 Å². The quantitative estimate of drug-likeness (QED) is 0.697. The third kappa shape index (κ3) is 2.95. The van der Waals surface area contributed by atoms with Crippen LogP contribution in [0, 0.1) is 18.8 Å². The van der Waals surface area contributed by atoms with Gasteiger partial charge in [0.1, 0.15) is 0 Å². The molecule has 0 bridgehead atoms. The molecule has 0 N–H and O–H groups in total. The third-order valence-corrected chi connectivity index (χ3v) is 6.59. The predicted octanol–water partition coefficient (Wildman–Crippen LogP) is 4.28. The zero-order chi connectivity index (χ0) is 18.4. The van der Waals surface area contributed by atoms with E-state index in [1.807, 2.05) is 12.3 Å². The maximum Gasteiger partial charge on any atom is 0.0746 e. The fraction of sp³-hybridized carbons (Fsp3) is 0.375. The Morgan fingerprint density at radius 2 is 1.81 bits per heavy atom. The number of aryl methyl sites for hydroxylation is 1. The first-order valence-corrected chi connectivity index (χ1v) is 10.0. The van der Waals surface area contributed by atoms with Crippen LogP contribution in [0.5, 0.6) is 0 Å². The van der Waals surface area contributed by atoms with Gasteiger partial charge in [0.25, 0.3) is 0 Å². The highest BCUT2D eigenvalue weighted by molar-refractivity contribution is 5.81. The Morgan fingerprint density at radius 1 is 0.963 bits per heavy atom. The summed E-state index contributed by atoms with van der Waals surface area (Å²) in [4.78, 5) is 9.87. The van der Waals surface area contributed by atoms with Crippen molar-refractivity contribution in [1.29, 1.82) is 0 Å². The highest BCUT2D eigenvalue weighted by Crippen LogP contribution is 2.45. The van der Waals surface area contributed by atoms with E-state index in [4.69, 9.17) is 0 Å². The van der Waals surface area contributed by atoms with Gasteiger partial charge >= 0.3 is 0 Å². The molecule has 0 amide bonds. The molecule has 3 heterocycles. The van der Waals surface area contributed by atoms with Gasteiger partial charge in [0, 0.05) is 43.8 Å². The van der Waals surface area contributed by atoms with E-state index in [2.05, 4.69) is 77.3 Å². The highest BCUT2D eigenvalue weighted by Gasteiger charge is 2.46. The Kier molecular flexibility index (Phi) is 4.22. The van der Waals surface area contributed by atoms with E-state index in [1.165, 1.54) is 41.7 Å². The molecule has 2 fully saturated rings. The summed E-state index contributed by atoms with van der Waals surface area (Å²) in [5, 5.41) is 1.24. The molecule has 2 saturated heterocycles. The molecule has 0 radical (unpaired) electrons. The number of hydrogen-bond acceptors (Lipinski definition) is 3. The van der Waals surface area contributed by atoms with Crippen LogP contribution in [0.1, 0.15) is 22.7 Å². The van der Waals surface area contributed by atoms with Gasteiger partial charge in [0.15, 0.2) is 0 Å². The van der Waals surface area contributed by atoms with E-state index in [0.717, 1.165) is 23.9 Å². The van der Waals surface area contributed by atoms with Gasteiger partial charge in [-0.05, 0) is 48.6 Å². The number of para-hydroxylation sites is 1. The minimum Gasteiger partial charge on any atom is -0.299 e. The first kappa shape index (κ1) is 16.9. The van der Waals surface area contributed by atoms with E-state index in [9.17, 15) is 0 Å². The molecule has 0 aliphatic carbocycles. The number of pyridine rings is 1. The average Bonchev–Trinajstić information content (AvgIpc) is 3.18. The van der Waals surface area contributed by atoms with Crippen LogP contribution in [0.25, 0.3) is 10.9 Å². The van der Waals surface area contributed by atoms with Gasteiger partial charge in [0.05, 0.1) is 5.52 Å². The zero-order valence-corrected chi connectivity index (χ0v) is 16.2. The summed E-state index contributed by atoms with van der Waals surface area (Å²) in [6, 6.07) is 20.2.